The average molecular weight is 486 g/mol. The van der Waals surface area contributed by atoms with Gasteiger partial charge in [0.1, 0.15) is 0 Å². The van der Waals surface area contributed by atoms with Crippen LogP contribution in [0, 0.1) is 23.7 Å². The molecule has 4 heterocycles. The van der Waals surface area contributed by atoms with Gasteiger partial charge in [0, 0.05) is 0 Å². The fraction of sp³-hybridized carbons (Fsp3) is 0.600. The van der Waals surface area contributed by atoms with Gasteiger partial charge in [0.15, 0.2) is 0 Å². The van der Waals surface area contributed by atoms with Gasteiger partial charge in [-0.25, -0.2) is 0 Å². The number of nitrogens with zero attached hydrogens (tertiary/aromatic N) is 1. The molecule has 4 aliphatic heterocycles. The summed E-state index contributed by atoms with van der Waals surface area (Å²) in [7, 11) is 0. The summed E-state index contributed by atoms with van der Waals surface area (Å²) in [6.07, 6.45) is 8.09. The van der Waals surface area contributed by atoms with E-state index in [0.717, 1.165) is 25.8 Å². The van der Waals surface area contributed by atoms with Gasteiger partial charge < -0.3 is 0 Å². The third-order valence-corrected chi connectivity index (χ3v) is 11.2. The molecule has 1 aromatic carbocycles. The molecule has 0 amide bonds. The molecule has 31 heavy (non-hydrogen) atoms. The Bertz CT molecular complexity index is 904. The number of hydrogen-bond acceptors (Lipinski definition) is 5. The van der Waals surface area contributed by atoms with E-state index in [1.807, 2.05) is 6.92 Å². The molecular weight excluding hydrogens is 457 g/mol. The fourth-order valence-corrected chi connectivity index (χ4v) is 9.98. The Kier molecular flexibility index (Phi) is 5.01. The van der Waals surface area contributed by atoms with Crippen LogP contribution in [0.25, 0.3) is 0 Å². The number of cyclic esters (lactones) is 1. The first-order valence-corrected chi connectivity index (χ1v) is 13.5. The molecule has 5 aliphatic rings. The molecule has 0 N–H and O–H groups in total. The first-order valence-electron chi connectivity index (χ1n) is 11.6. The third kappa shape index (κ3) is 3.30. The molecule has 9 atom stereocenters. The van der Waals surface area contributed by atoms with Crippen molar-refractivity contribution < 1.29 is 19.1 Å². The summed E-state index contributed by atoms with van der Waals surface area (Å²) in [5, 5.41) is 0. The number of carbonyl (C=O) groups is 2. The van der Waals surface area contributed by atoms with Crippen molar-refractivity contribution in [3.63, 3.8) is 0 Å². The van der Waals surface area contributed by atoms with Crippen molar-refractivity contribution in [2.75, 3.05) is 6.54 Å². The van der Waals surface area contributed by atoms with Crippen molar-refractivity contribution in [1.82, 2.24) is 4.90 Å². The van der Waals surface area contributed by atoms with Crippen molar-refractivity contribution in [3.05, 3.63) is 42.5 Å². The van der Waals surface area contributed by atoms with Crippen molar-refractivity contribution in [3.8, 4) is 0 Å². The second-order valence-electron chi connectivity index (χ2n) is 9.86. The van der Waals surface area contributed by atoms with Gasteiger partial charge >= 0.3 is 190 Å². The normalized spacial score (nSPS) is 43.8. The molecular formula is C25H29NO4Se. The summed E-state index contributed by atoms with van der Waals surface area (Å²) in [5.41, 5.74) is 0. The van der Waals surface area contributed by atoms with Gasteiger partial charge in [-0.15, -0.1) is 0 Å². The zero-order valence-corrected chi connectivity index (χ0v) is 19.5. The molecule has 6 rings (SSSR count). The van der Waals surface area contributed by atoms with Gasteiger partial charge in [-0.05, 0) is 0 Å². The maximum atomic E-state index is 12.5. The molecule has 6 heteroatoms. The molecule has 0 unspecified atom stereocenters. The van der Waals surface area contributed by atoms with Crippen LogP contribution in [0.3, 0.4) is 0 Å². The quantitative estimate of drug-likeness (QED) is 0.373. The monoisotopic (exact) mass is 487 g/mol. The maximum absolute atomic E-state index is 12.5. The van der Waals surface area contributed by atoms with Crippen LogP contribution < -0.4 is 4.46 Å². The minimum atomic E-state index is -0.0515. The van der Waals surface area contributed by atoms with Gasteiger partial charge in [-0.2, -0.15) is 0 Å². The molecule has 4 fully saturated rings. The SMILES string of the molecule is C[C@H]1C[C@@H]([C@@H]2C[C@@H]3[C@H]4CC(=O)O[C@H]4[C@H]([Se]c4ccccc4)[C@H]4CC=CCN2[C@@H]34)OC1=O. The van der Waals surface area contributed by atoms with Gasteiger partial charge in [0.2, 0.25) is 0 Å². The molecule has 0 bridgehead atoms. The van der Waals surface area contributed by atoms with E-state index in [-0.39, 0.29) is 51.1 Å². The van der Waals surface area contributed by atoms with Crippen LogP contribution in [-0.2, 0) is 19.1 Å². The van der Waals surface area contributed by atoms with Crippen molar-refractivity contribution in [2.24, 2.45) is 23.7 Å². The molecule has 0 radical (unpaired) electrons. The predicted octanol–water partition coefficient (Wildman–Crippen LogP) is 2.34. The Morgan fingerprint density at radius 3 is 2.61 bits per heavy atom. The number of hydrogen-bond donors (Lipinski definition) is 0. The minimum absolute atomic E-state index is 0.00996. The number of esters is 2. The van der Waals surface area contributed by atoms with Crippen LogP contribution in [0.1, 0.15) is 32.6 Å². The topological polar surface area (TPSA) is 55.8 Å². The molecule has 1 saturated carbocycles. The summed E-state index contributed by atoms with van der Waals surface area (Å²) in [6, 6.07) is 11.4. The van der Waals surface area contributed by atoms with Crippen LogP contribution in [0.4, 0.5) is 0 Å². The van der Waals surface area contributed by atoms with Crippen LogP contribution in [-0.4, -0.2) is 62.6 Å². The number of fused-ring (bicyclic) bond motifs is 2. The van der Waals surface area contributed by atoms with Gasteiger partial charge in [0.05, 0.1) is 0 Å². The van der Waals surface area contributed by atoms with E-state index in [0.29, 0.717) is 35.0 Å². The van der Waals surface area contributed by atoms with Crippen molar-refractivity contribution in [2.45, 2.75) is 61.7 Å². The van der Waals surface area contributed by atoms with E-state index < -0.39 is 0 Å². The molecule has 3 saturated heterocycles. The Morgan fingerprint density at radius 1 is 1.00 bits per heavy atom. The Morgan fingerprint density at radius 2 is 1.84 bits per heavy atom. The summed E-state index contributed by atoms with van der Waals surface area (Å²) in [6.45, 7) is 2.90. The second kappa shape index (κ2) is 7.75. The van der Waals surface area contributed by atoms with E-state index in [1.54, 1.807) is 0 Å². The Balaban J connectivity index is 1.36. The van der Waals surface area contributed by atoms with Crippen LogP contribution in [0.2, 0.25) is 4.82 Å². The standard InChI is InChI=1S/C25H29NO4Se/c1-14-11-20(29-25(14)28)19-12-17-18-13-21(27)30-23(18)24(31-15-7-3-2-4-8-15)16-9-5-6-10-26(19)22(16)17/h2-8,14,16-20,22-24H,9-13H2,1H3/t14-,16-,17+,18+,19-,20-,22+,23+,24+/m0/s1. The zero-order chi connectivity index (χ0) is 21.1. The average Bonchev–Trinajstić information content (AvgIpc) is 3.37. The summed E-state index contributed by atoms with van der Waals surface area (Å²) < 4.78 is 13.3. The second-order valence-corrected chi connectivity index (χ2v) is 12.5. The third-order valence-electron chi connectivity index (χ3n) is 8.18. The molecule has 1 aliphatic carbocycles. The number of allylic oxidation sites excluding steroid dienone is 1. The molecule has 1 aromatic rings. The van der Waals surface area contributed by atoms with Crippen LogP contribution in [0.5, 0.6) is 0 Å². The molecule has 5 nitrogen and oxygen atoms in total. The number of benzene rings is 1. The number of ether oxygens (including phenoxy) is 2. The van der Waals surface area contributed by atoms with E-state index in [1.165, 1.54) is 4.46 Å². The summed E-state index contributed by atoms with van der Waals surface area (Å²) >= 11 is 0.251. The Hall–Kier alpha value is -1.62. The fourth-order valence-electron chi connectivity index (χ4n) is 6.90. The Labute approximate surface area is 189 Å². The first-order chi connectivity index (χ1) is 15.1. The zero-order valence-electron chi connectivity index (χ0n) is 17.8. The van der Waals surface area contributed by atoms with Gasteiger partial charge in [0.25, 0.3) is 0 Å². The van der Waals surface area contributed by atoms with Crippen molar-refractivity contribution in [1.29, 1.82) is 0 Å². The van der Waals surface area contributed by atoms with Crippen LogP contribution >= 0.6 is 0 Å². The summed E-state index contributed by atoms with van der Waals surface area (Å²) in [4.78, 5) is 27.7. The van der Waals surface area contributed by atoms with Gasteiger partial charge in [-0.1, -0.05) is 0 Å². The molecule has 0 spiro atoms. The van der Waals surface area contributed by atoms with E-state index >= 15 is 0 Å². The molecule has 0 aromatic heterocycles. The number of rotatable bonds is 3. The van der Waals surface area contributed by atoms with Crippen molar-refractivity contribution >= 4 is 31.4 Å². The first kappa shape index (κ1) is 20.0. The predicted molar refractivity (Wildman–Crippen MR) is 117 cm³/mol. The van der Waals surface area contributed by atoms with E-state index in [4.69, 9.17) is 9.47 Å². The van der Waals surface area contributed by atoms with E-state index in [9.17, 15) is 9.59 Å². The summed E-state index contributed by atoms with van der Waals surface area (Å²) in [5.74, 6) is 1.14. The van der Waals surface area contributed by atoms with Crippen LogP contribution in [0.15, 0.2) is 42.5 Å². The van der Waals surface area contributed by atoms with E-state index in [2.05, 4.69) is 47.4 Å². The van der Waals surface area contributed by atoms with Gasteiger partial charge in [-0.3, -0.25) is 0 Å². The molecule has 164 valence electrons. The number of carbonyl (C=O) groups excluding carboxylic acids is 2.